The normalized spacial score (nSPS) is 17.7. The van der Waals surface area contributed by atoms with E-state index in [1.165, 1.54) is 0 Å². The number of amides is 3. The molecule has 0 spiro atoms. The maximum Gasteiger partial charge on any atom is 0.335 e. The van der Waals surface area contributed by atoms with Gasteiger partial charge in [-0.15, -0.1) is 0 Å². The number of carboxylic acids is 1. The number of nitrogens with zero attached hydrogens (tertiary/aromatic N) is 2. The van der Waals surface area contributed by atoms with Crippen molar-refractivity contribution >= 4 is 29.3 Å². The van der Waals surface area contributed by atoms with Crippen molar-refractivity contribution in [1.29, 1.82) is 0 Å². The average molecular weight is 575 g/mol. The quantitative estimate of drug-likeness (QED) is 0.300. The summed E-state index contributed by atoms with van der Waals surface area (Å²) in [6.45, 7) is 5.21. The van der Waals surface area contributed by atoms with Gasteiger partial charge in [-0.1, -0.05) is 37.3 Å². The number of ether oxygens (including phenoxy) is 1. The predicted octanol–water partition coefficient (Wildman–Crippen LogP) is 4.31. The lowest BCUT2D eigenvalue weighted by atomic mass is 10.0. The van der Waals surface area contributed by atoms with Gasteiger partial charge in [0.15, 0.2) is 0 Å². The number of anilines is 2. The number of urea groups is 1. The van der Waals surface area contributed by atoms with Crippen molar-refractivity contribution in [2.45, 2.75) is 39.0 Å². The molecule has 3 amide bonds. The molecule has 42 heavy (non-hydrogen) atoms. The van der Waals surface area contributed by atoms with Gasteiger partial charge in [0, 0.05) is 42.5 Å². The number of hydrogen-bond donors (Lipinski definition) is 4. The van der Waals surface area contributed by atoms with Crippen LogP contribution in [0.4, 0.5) is 16.2 Å². The molecule has 0 bridgehead atoms. The Morgan fingerprint density at radius 3 is 2.40 bits per heavy atom. The zero-order valence-corrected chi connectivity index (χ0v) is 24.1. The fraction of sp³-hybridized carbons (Fsp3) is 0.344. The molecule has 0 saturated carbocycles. The zero-order valence-electron chi connectivity index (χ0n) is 24.1. The van der Waals surface area contributed by atoms with Crippen LogP contribution >= 0.6 is 0 Å². The number of benzene rings is 3. The van der Waals surface area contributed by atoms with E-state index in [0.717, 1.165) is 5.56 Å². The van der Waals surface area contributed by atoms with Crippen molar-refractivity contribution in [2.24, 2.45) is 5.92 Å². The molecule has 1 aliphatic heterocycles. The van der Waals surface area contributed by atoms with Crippen LogP contribution in [0.5, 0.6) is 5.75 Å². The van der Waals surface area contributed by atoms with Crippen LogP contribution in [0.25, 0.3) is 0 Å². The summed E-state index contributed by atoms with van der Waals surface area (Å²) in [4.78, 5) is 41.0. The lowest BCUT2D eigenvalue weighted by Gasteiger charge is -2.34. The van der Waals surface area contributed by atoms with E-state index in [0.29, 0.717) is 42.3 Å². The van der Waals surface area contributed by atoms with E-state index in [-0.39, 0.29) is 42.6 Å². The highest BCUT2D eigenvalue weighted by molar-refractivity contribution is 6.00. The molecule has 3 atom stereocenters. The average Bonchev–Trinajstić information content (AvgIpc) is 3.00. The van der Waals surface area contributed by atoms with Gasteiger partial charge < -0.3 is 30.5 Å². The molecule has 0 aromatic heterocycles. The van der Waals surface area contributed by atoms with Gasteiger partial charge in [-0.3, -0.25) is 9.69 Å². The van der Waals surface area contributed by atoms with Crippen LogP contribution in [-0.2, 0) is 17.8 Å². The van der Waals surface area contributed by atoms with Crippen molar-refractivity contribution in [3.63, 3.8) is 0 Å². The van der Waals surface area contributed by atoms with Gasteiger partial charge in [0.2, 0.25) is 5.91 Å². The number of likely N-dealkylation sites (N-methyl/N-ethyl adjacent to an activating group) is 1. The van der Waals surface area contributed by atoms with Crippen molar-refractivity contribution < 1.29 is 29.3 Å². The molecular formula is C32H38N4O6. The Labute approximate surface area is 245 Å². The highest BCUT2D eigenvalue weighted by atomic mass is 16.5. The topological polar surface area (TPSA) is 131 Å². The molecule has 10 nitrogen and oxygen atoms in total. The number of aliphatic hydroxyl groups excluding tert-OH is 1. The van der Waals surface area contributed by atoms with E-state index in [1.54, 1.807) is 59.5 Å². The number of hydrogen-bond acceptors (Lipinski definition) is 6. The molecule has 0 fully saturated rings. The Balaban J connectivity index is 1.55. The second kappa shape index (κ2) is 14.0. The Kier molecular flexibility index (Phi) is 10.2. The number of carbonyl (C=O) groups excluding carboxylic acids is 2. The van der Waals surface area contributed by atoms with Crippen molar-refractivity contribution in [1.82, 2.24) is 9.80 Å². The monoisotopic (exact) mass is 574 g/mol. The fourth-order valence-electron chi connectivity index (χ4n) is 4.98. The molecule has 222 valence electrons. The third-order valence-corrected chi connectivity index (χ3v) is 7.35. The number of aromatic carboxylic acids is 1. The molecule has 0 saturated heterocycles. The summed E-state index contributed by atoms with van der Waals surface area (Å²) in [6, 6.07) is 20.4. The summed E-state index contributed by atoms with van der Waals surface area (Å²) in [5.74, 6) is -0.605. The van der Waals surface area contributed by atoms with E-state index in [4.69, 9.17) is 4.74 Å². The van der Waals surface area contributed by atoms with Gasteiger partial charge in [-0.05, 0) is 62.0 Å². The highest BCUT2D eigenvalue weighted by Crippen LogP contribution is 2.29. The molecule has 1 aliphatic rings. The maximum atomic E-state index is 13.5. The van der Waals surface area contributed by atoms with E-state index in [2.05, 4.69) is 15.5 Å². The highest BCUT2D eigenvalue weighted by Gasteiger charge is 2.31. The molecule has 0 unspecified atom stereocenters. The van der Waals surface area contributed by atoms with Gasteiger partial charge in [0.1, 0.15) is 11.9 Å². The maximum absolute atomic E-state index is 13.5. The second-order valence-corrected chi connectivity index (χ2v) is 10.9. The molecule has 1 heterocycles. The zero-order chi connectivity index (χ0) is 30.2. The van der Waals surface area contributed by atoms with Gasteiger partial charge in [0.05, 0.1) is 24.6 Å². The fourth-order valence-corrected chi connectivity index (χ4v) is 4.98. The predicted molar refractivity (Wildman–Crippen MR) is 161 cm³/mol. The molecule has 0 aliphatic carbocycles. The summed E-state index contributed by atoms with van der Waals surface area (Å²) >= 11 is 0. The number of rotatable bonds is 9. The van der Waals surface area contributed by atoms with E-state index in [1.807, 2.05) is 39.1 Å². The first-order valence-electron chi connectivity index (χ1n) is 14.0. The van der Waals surface area contributed by atoms with Crippen molar-refractivity contribution in [2.75, 3.05) is 37.4 Å². The summed E-state index contributed by atoms with van der Waals surface area (Å²) < 4.78 is 6.56. The number of para-hydroxylation sites is 1. The van der Waals surface area contributed by atoms with Crippen LogP contribution in [0.15, 0.2) is 72.8 Å². The lowest BCUT2D eigenvalue weighted by molar-refractivity contribution is -0.134. The standard InChI is InChI=1S/C32H38N4O6/c1-21-17-36(22(2)20-37)30(38)16-25-15-27(34-32(41)33-26-7-5-4-6-8-26)13-14-28(25)42-29(21)19-35(3)18-23-9-11-24(12-10-23)31(39)40/h4-15,21-22,29,37H,16-20H2,1-3H3,(H,39,40)(H2,33,34,41)/t21-,22-,29+/m0/s1. The minimum atomic E-state index is -0.965. The number of aliphatic hydroxyl groups is 1. The Morgan fingerprint density at radius 2 is 1.74 bits per heavy atom. The summed E-state index contributed by atoms with van der Waals surface area (Å²) in [5.41, 5.74) is 3.02. The summed E-state index contributed by atoms with van der Waals surface area (Å²) in [6.07, 6.45) is -0.243. The van der Waals surface area contributed by atoms with Crippen LogP contribution in [0.2, 0.25) is 0 Å². The SMILES string of the molecule is C[C@H]1CN([C@@H](C)CO)C(=O)Cc2cc(NC(=O)Nc3ccccc3)ccc2O[C@@H]1CN(C)Cc1ccc(C(=O)O)cc1. The smallest absolute Gasteiger partial charge is 0.335 e. The summed E-state index contributed by atoms with van der Waals surface area (Å²) in [5, 5.41) is 24.7. The number of carbonyl (C=O) groups is 3. The van der Waals surface area contributed by atoms with E-state index in [9.17, 15) is 24.6 Å². The first-order valence-corrected chi connectivity index (χ1v) is 14.0. The Morgan fingerprint density at radius 1 is 1.05 bits per heavy atom. The minimum Gasteiger partial charge on any atom is -0.488 e. The van der Waals surface area contributed by atoms with Crippen molar-refractivity contribution in [3.8, 4) is 5.75 Å². The summed E-state index contributed by atoms with van der Waals surface area (Å²) in [7, 11) is 1.96. The Bertz CT molecular complexity index is 1380. The molecule has 4 rings (SSSR count). The molecule has 4 N–H and O–H groups in total. The third-order valence-electron chi connectivity index (χ3n) is 7.35. The van der Waals surface area contributed by atoms with Crippen molar-refractivity contribution in [3.05, 3.63) is 89.5 Å². The molecule has 0 radical (unpaired) electrons. The molecule has 10 heteroatoms. The third kappa shape index (κ3) is 8.08. The first-order chi connectivity index (χ1) is 20.1. The van der Waals surface area contributed by atoms with Crippen LogP contribution < -0.4 is 15.4 Å². The molecule has 3 aromatic rings. The van der Waals surface area contributed by atoms with Crippen LogP contribution in [-0.4, -0.2) is 76.8 Å². The lowest BCUT2D eigenvalue weighted by Crippen LogP contribution is -2.47. The second-order valence-electron chi connectivity index (χ2n) is 10.9. The molecular weight excluding hydrogens is 536 g/mol. The van der Waals surface area contributed by atoms with Gasteiger partial charge >= 0.3 is 12.0 Å². The van der Waals surface area contributed by atoms with Crippen LogP contribution in [0.1, 0.15) is 35.3 Å². The van der Waals surface area contributed by atoms with Gasteiger partial charge in [-0.2, -0.15) is 0 Å². The Hall–Kier alpha value is -4.41. The van der Waals surface area contributed by atoms with E-state index >= 15 is 0 Å². The number of nitrogens with one attached hydrogen (secondary N) is 2. The number of carboxylic acid groups (broad SMARTS) is 1. The van der Waals surface area contributed by atoms with Gasteiger partial charge in [0.25, 0.3) is 0 Å². The minimum absolute atomic E-state index is 0.0563. The van der Waals surface area contributed by atoms with Crippen LogP contribution in [0, 0.1) is 5.92 Å². The number of fused-ring (bicyclic) bond motifs is 1. The molecule has 3 aromatic carbocycles. The first kappa shape index (κ1) is 30.5. The largest absolute Gasteiger partial charge is 0.488 e. The van der Waals surface area contributed by atoms with Gasteiger partial charge in [-0.25, -0.2) is 9.59 Å². The van der Waals surface area contributed by atoms with E-state index < -0.39 is 12.0 Å². The van der Waals surface area contributed by atoms with Crippen LogP contribution in [0.3, 0.4) is 0 Å².